The summed E-state index contributed by atoms with van der Waals surface area (Å²) in [6, 6.07) is 14.0. The molecule has 2 aromatic carbocycles. The maximum atomic E-state index is 12.6. The van der Waals surface area contributed by atoms with E-state index < -0.39 is 0 Å². The molecule has 0 saturated carbocycles. The zero-order valence-corrected chi connectivity index (χ0v) is 17.5. The third-order valence-corrected chi connectivity index (χ3v) is 4.51. The average molecular weight is 409 g/mol. The Morgan fingerprint density at radius 3 is 2.40 bits per heavy atom. The molecular formula is C23H27N3O4. The second-order valence-electron chi connectivity index (χ2n) is 8.19. The lowest BCUT2D eigenvalue weighted by atomic mass is 10.1. The van der Waals surface area contributed by atoms with E-state index in [0.29, 0.717) is 30.2 Å². The summed E-state index contributed by atoms with van der Waals surface area (Å²) in [5.74, 6) is 0.140. The summed E-state index contributed by atoms with van der Waals surface area (Å²) < 4.78 is 5.56. The minimum atomic E-state index is -0.322. The first-order valence-electron chi connectivity index (χ1n) is 9.97. The lowest BCUT2D eigenvalue weighted by Gasteiger charge is -2.29. The number of fused-ring (bicyclic) bond motifs is 1. The van der Waals surface area contributed by atoms with Crippen LogP contribution in [0.25, 0.3) is 0 Å². The van der Waals surface area contributed by atoms with E-state index in [9.17, 15) is 14.4 Å². The van der Waals surface area contributed by atoms with Crippen LogP contribution in [0, 0.1) is 0 Å². The summed E-state index contributed by atoms with van der Waals surface area (Å²) in [7, 11) is 0. The number of amides is 3. The van der Waals surface area contributed by atoms with E-state index in [1.54, 1.807) is 29.2 Å². The molecule has 0 fully saturated rings. The molecule has 30 heavy (non-hydrogen) atoms. The predicted molar refractivity (Wildman–Crippen MR) is 116 cm³/mol. The lowest BCUT2D eigenvalue weighted by molar-refractivity contribution is -0.122. The highest BCUT2D eigenvalue weighted by Crippen LogP contribution is 2.31. The van der Waals surface area contributed by atoms with Gasteiger partial charge >= 0.3 is 0 Å². The van der Waals surface area contributed by atoms with Crippen LogP contribution in [0.1, 0.15) is 44.0 Å². The van der Waals surface area contributed by atoms with Gasteiger partial charge in [0.2, 0.25) is 11.8 Å². The first-order valence-corrected chi connectivity index (χ1v) is 9.97. The van der Waals surface area contributed by atoms with Crippen molar-refractivity contribution >= 4 is 29.1 Å². The normalized spacial score (nSPS) is 13.1. The third-order valence-electron chi connectivity index (χ3n) is 4.51. The summed E-state index contributed by atoms with van der Waals surface area (Å²) >= 11 is 0. The van der Waals surface area contributed by atoms with Crippen LogP contribution in [0.3, 0.4) is 0 Å². The maximum Gasteiger partial charge on any atom is 0.251 e. The average Bonchev–Trinajstić information content (AvgIpc) is 2.71. The van der Waals surface area contributed by atoms with Crippen molar-refractivity contribution in [2.24, 2.45) is 0 Å². The van der Waals surface area contributed by atoms with E-state index in [0.717, 1.165) is 5.69 Å². The van der Waals surface area contributed by atoms with Crippen LogP contribution in [0.4, 0.5) is 11.4 Å². The van der Waals surface area contributed by atoms with Gasteiger partial charge in [0, 0.05) is 29.6 Å². The Morgan fingerprint density at radius 2 is 1.70 bits per heavy atom. The minimum absolute atomic E-state index is 0.0740. The number of nitrogens with zero attached hydrogens (tertiary/aromatic N) is 1. The molecule has 0 saturated heterocycles. The fraction of sp³-hybridized carbons (Fsp3) is 0.348. The van der Waals surface area contributed by atoms with Gasteiger partial charge in [-0.05, 0) is 57.2 Å². The molecule has 2 N–H and O–H groups in total. The molecule has 1 aliphatic rings. The van der Waals surface area contributed by atoms with Crippen molar-refractivity contribution in [3.63, 3.8) is 0 Å². The third kappa shape index (κ3) is 5.59. The smallest absolute Gasteiger partial charge is 0.251 e. The largest absolute Gasteiger partial charge is 0.490 e. The molecular weight excluding hydrogens is 382 g/mol. The number of hydrogen-bond acceptors (Lipinski definition) is 4. The topological polar surface area (TPSA) is 87.7 Å². The molecule has 158 valence electrons. The number of benzene rings is 2. The molecule has 0 aliphatic carbocycles. The molecule has 3 amide bonds. The Kier molecular flexibility index (Phi) is 6.40. The second-order valence-corrected chi connectivity index (χ2v) is 8.19. The van der Waals surface area contributed by atoms with Crippen LogP contribution < -0.4 is 20.3 Å². The summed E-state index contributed by atoms with van der Waals surface area (Å²) in [6.07, 6.45) is 0.177. The van der Waals surface area contributed by atoms with Crippen LogP contribution in [0.2, 0.25) is 0 Å². The zero-order valence-electron chi connectivity index (χ0n) is 17.5. The number of carbonyl (C=O) groups is 3. The number of anilines is 2. The van der Waals surface area contributed by atoms with Crippen molar-refractivity contribution in [2.75, 3.05) is 23.4 Å². The van der Waals surface area contributed by atoms with Crippen molar-refractivity contribution in [3.8, 4) is 5.75 Å². The number of rotatable bonds is 5. The minimum Gasteiger partial charge on any atom is -0.490 e. The molecule has 0 bridgehead atoms. The van der Waals surface area contributed by atoms with E-state index in [-0.39, 0.29) is 36.1 Å². The lowest BCUT2D eigenvalue weighted by Crippen LogP contribution is -2.40. The first kappa shape index (κ1) is 21.4. The van der Waals surface area contributed by atoms with Gasteiger partial charge in [0.05, 0.1) is 12.2 Å². The van der Waals surface area contributed by atoms with Crippen LogP contribution in [0.15, 0.2) is 48.5 Å². The van der Waals surface area contributed by atoms with Gasteiger partial charge < -0.3 is 20.3 Å². The van der Waals surface area contributed by atoms with Gasteiger partial charge in [-0.15, -0.1) is 0 Å². The van der Waals surface area contributed by atoms with Crippen molar-refractivity contribution < 1.29 is 19.1 Å². The fourth-order valence-corrected chi connectivity index (χ4v) is 3.13. The van der Waals surface area contributed by atoms with Gasteiger partial charge in [-0.2, -0.15) is 0 Å². The first-order chi connectivity index (χ1) is 14.2. The van der Waals surface area contributed by atoms with Crippen molar-refractivity contribution in [3.05, 3.63) is 54.1 Å². The predicted octanol–water partition coefficient (Wildman–Crippen LogP) is 3.36. The molecule has 2 aromatic rings. The van der Waals surface area contributed by atoms with Crippen LogP contribution in [-0.2, 0) is 9.59 Å². The zero-order chi connectivity index (χ0) is 21.7. The molecule has 1 aliphatic heterocycles. The highest BCUT2D eigenvalue weighted by Gasteiger charge is 2.23. The monoisotopic (exact) mass is 409 g/mol. The number of ether oxygens (including phenoxy) is 1. The summed E-state index contributed by atoms with van der Waals surface area (Å²) in [6.45, 7) is 6.64. The quantitative estimate of drug-likeness (QED) is 0.793. The van der Waals surface area contributed by atoms with Crippen molar-refractivity contribution in [2.45, 2.75) is 39.2 Å². The van der Waals surface area contributed by atoms with E-state index in [2.05, 4.69) is 10.6 Å². The summed E-state index contributed by atoms with van der Waals surface area (Å²) in [5.41, 5.74) is 1.51. The summed E-state index contributed by atoms with van der Waals surface area (Å²) in [4.78, 5) is 38.7. The van der Waals surface area contributed by atoms with Gasteiger partial charge in [0.1, 0.15) is 12.4 Å². The standard InChI is InChI=1S/C23H27N3O4/c1-23(2,3)25-22(29)16-8-10-17(11-9-16)24-20(27)12-13-21(28)26-14-15-30-19-7-5-4-6-18(19)26/h4-11H,12-15H2,1-3H3,(H,24,27)(H,25,29). The number of carbonyl (C=O) groups excluding carboxylic acids is 3. The van der Waals surface area contributed by atoms with E-state index >= 15 is 0 Å². The van der Waals surface area contributed by atoms with Crippen molar-refractivity contribution in [1.82, 2.24) is 5.32 Å². The fourth-order valence-electron chi connectivity index (χ4n) is 3.13. The maximum absolute atomic E-state index is 12.6. The Labute approximate surface area is 176 Å². The number of hydrogen-bond donors (Lipinski definition) is 2. The van der Waals surface area contributed by atoms with Crippen LogP contribution >= 0.6 is 0 Å². The van der Waals surface area contributed by atoms with Crippen LogP contribution in [0.5, 0.6) is 5.75 Å². The molecule has 0 spiro atoms. The highest BCUT2D eigenvalue weighted by atomic mass is 16.5. The highest BCUT2D eigenvalue weighted by molar-refractivity contribution is 5.99. The van der Waals surface area contributed by atoms with Gasteiger partial charge in [-0.3, -0.25) is 14.4 Å². The summed E-state index contributed by atoms with van der Waals surface area (Å²) in [5, 5.41) is 5.66. The SMILES string of the molecule is CC(C)(C)NC(=O)c1ccc(NC(=O)CCC(=O)N2CCOc3ccccc32)cc1. The Morgan fingerprint density at radius 1 is 1.00 bits per heavy atom. The van der Waals surface area contributed by atoms with Gasteiger partial charge in [-0.1, -0.05) is 12.1 Å². The van der Waals surface area contributed by atoms with Gasteiger partial charge in [0.15, 0.2) is 0 Å². The molecule has 0 radical (unpaired) electrons. The van der Waals surface area contributed by atoms with Crippen LogP contribution in [-0.4, -0.2) is 36.4 Å². The Bertz CT molecular complexity index is 932. The number of para-hydroxylation sites is 2. The molecule has 7 nitrogen and oxygen atoms in total. The second kappa shape index (κ2) is 8.98. The van der Waals surface area contributed by atoms with Crippen molar-refractivity contribution in [1.29, 1.82) is 0 Å². The molecule has 7 heteroatoms. The number of nitrogens with one attached hydrogen (secondary N) is 2. The molecule has 1 heterocycles. The van der Waals surface area contributed by atoms with E-state index in [4.69, 9.17) is 4.74 Å². The van der Waals surface area contributed by atoms with E-state index in [1.807, 2.05) is 45.0 Å². The molecule has 3 rings (SSSR count). The Hall–Kier alpha value is -3.35. The molecule has 0 aromatic heterocycles. The van der Waals surface area contributed by atoms with Gasteiger partial charge in [-0.25, -0.2) is 0 Å². The molecule has 0 unspecified atom stereocenters. The van der Waals surface area contributed by atoms with Gasteiger partial charge in [0.25, 0.3) is 5.91 Å². The molecule has 0 atom stereocenters. The van der Waals surface area contributed by atoms with E-state index in [1.165, 1.54) is 0 Å². The Balaban J connectivity index is 1.52.